The molecule has 0 aliphatic heterocycles. The first-order valence-corrected chi connectivity index (χ1v) is 8.70. The van der Waals surface area contributed by atoms with Crippen molar-refractivity contribution in [2.75, 3.05) is 0 Å². The Kier molecular flexibility index (Phi) is 4.75. The second kappa shape index (κ2) is 7.25. The second-order valence-corrected chi connectivity index (χ2v) is 6.48. The van der Waals surface area contributed by atoms with Gasteiger partial charge in [0.15, 0.2) is 0 Å². The molecule has 3 heterocycles. The Morgan fingerprint density at radius 3 is 2.55 bits per heavy atom. The van der Waals surface area contributed by atoms with Gasteiger partial charge in [-0.05, 0) is 42.5 Å². The second-order valence-electron chi connectivity index (χ2n) is 6.48. The average molecular weight is 401 g/mol. The number of alkyl halides is 3. The number of hydrogen-bond donors (Lipinski definition) is 1. The van der Waals surface area contributed by atoms with Gasteiger partial charge in [-0.15, -0.1) is 0 Å². The molecule has 0 spiro atoms. The fraction of sp³-hybridized carbons (Fsp3) is 0.150. The van der Waals surface area contributed by atoms with Gasteiger partial charge in [0.2, 0.25) is 0 Å². The highest BCUT2D eigenvalue weighted by molar-refractivity contribution is 5.81. The first-order chi connectivity index (χ1) is 13.8. The summed E-state index contributed by atoms with van der Waals surface area (Å²) in [5, 5.41) is 4.55. The minimum atomic E-state index is -4.44. The minimum Gasteiger partial charge on any atom is -0.322 e. The molecule has 2 N–H and O–H groups in total. The Morgan fingerprint density at radius 1 is 1.03 bits per heavy atom. The summed E-state index contributed by atoms with van der Waals surface area (Å²) in [5.74, 6) is -0.468. The van der Waals surface area contributed by atoms with E-state index >= 15 is 0 Å². The fourth-order valence-electron chi connectivity index (χ4n) is 3.15. The maximum Gasteiger partial charge on any atom is 0.416 e. The van der Waals surface area contributed by atoms with Crippen molar-refractivity contribution >= 4 is 10.9 Å². The maximum absolute atomic E-state index is 13.9. The van der Waals surface area contributed by atoms with Crippen molar-refractivity contribution in [1.29, 1.82) is 0 Å². The van der Waals surface area contributed by atoms with Gasteiger partial charge in [0.1, 0.15) is 5.82 Å². The van der Waals surface area contributed by atoms with Gasteiger partial charge in [-0.25, -0.2) is 9.07 Å². The molecule has 4 aromatic rings. The van der Waals surface area contributed by atoms with Crippen LogP contribution in [-0.2, 0) is 12.6 Å². The number of benzene rings is 1. The zero-order valence-electron chi connectivity index (χ0n) is 14.9. The highest BCUT2D eigenvalue weighted by Crippen LogP contribution is 2.32. The van der Waals surface area contributed by atoms with Gasteiger partial charge in [-0.2, -0.15) is 18.3 Å². The molecule has 0 radical (unpaired) electrons. The lowest BCUT2D eigenvalue weighted by Crippen LogP contribution is -2.19. The first-order valence-electron chi connectivity index (χ1n) is 8.70. The lowest BCUT2D eigenvalue weighted by molar-refractivity contribution is -0.137. The van der Waals surface area contributed by atoms with Gasteiger partial charge >= 0.3 is 6.18 Å². The summed E-state index contributed by atoms with van der Waals surface area (Å²) in [4.78, 5) is 8.32. The number of rotatable bonds is 4. The number of halogens is 4. The van der Waals surface area contributed by atoms with Gasteiger partial charge in [0.05, 0.1) is 40.4 Å². The van der Waals surface area contributed by atoms with E-state index in [-0.39, 0.29) is 12.1 Å². The van der Waals surface area contributed by atoms with E-state index in [2.05, 4.69) is 15.1 Å². The molecular weight excluding hydrogens is 386 g/mol. The number of nitrogens with two attached hydrogens (primary N) is 1. The van der Waals surface area contributed by atoms with Crippen LogP contribution in [0.5, 0.6) is 0 Å². The lowest BCUT2D eigenvalue weighted by Gasteiger charge is -2.16. The Bertz CT molecular complexity index is 1170. The average Bonchev–Trinajstić information content (AvgIpc) is 3.12. The Hall–Kier alpha value is -3.33. The maximum atomic E-state index is 13.9. The van der Waals surface area contributed by atoms with Crippen LogP contribution in [0.4, 0.5) is 17.6 Å². The summed E-state index contributed by atoms with van der Waals surface area (Å²) in [6, 6.07) is 8.87. The van der Waals surface area contributed by atoms with Crippen LogP contribution in [-0.4, -0.2) is 19.7 Å². The molecule has 4 rings (SSSR count). The molecule has 0 unspecified atom stereocenters. The van der Waals surface area contributed by atoms with E-state index in [1.165, 1.54) is 35.3 Å². The van der Waals surface area contributed by atoms with Gasteiger partial charge < -0.3 is 5.73 Å². The molecule has 0 fully saturated rings. The van der Waals surface area contributed by atoms with Gasteiger partial charge in [0, 0.05) is 24.2 Å². The van der Waals surface area contributed by atoms with Crippen LogP contribution >= 0.6 is 0 Å². The van der Waals surface area contributed by atoms with Gasteiger partial charge in [-0.3, -0.25) is 9.97 Å². The SMILES string of the molecule is N[C@@H](Cc1ncccc1F)c1ncccc1-n1ncc2cc(C(F)(F)F)ccc21. The monoisotopic (exact) mass is 401 g/mol. The Morgan fingerprint density at radius 2 is 1.79 bits per heavy atom. The molecule has 0 saturated heterocycles. The quantitative estimate of drug-likeness (QED) is 0.520. The van der Waals surface area contributed by atoms with Crippen molar-refractivity contribution in [3.63, 3.8) is 0 Å². The van der Waals surface area contributed by atoms with E-state index in [1.807, 2.05) is 0 Å². The third-order valence-corrected chi connectivity index (χ3v) is 4.54. The van der Waals surface area contributed by atoms with E-state index in [0.717, 1.165) is 12.1 Å². The molecule has 1 atom stereocenters. The van der Waals surface area contributed by atoms with Crippen LogP contribution in [0.2, 0.25) is 0 Å². The van der Waals surface area contributed by atoms with E-state index in [0.29, 0.717) is 22.3 Å². The lowest BCUT2D eigenvalue weighted by atomic mass is 10.1. The predicted octanol–water partition coefficient (Wildman–Crippen LogP) is 4.22. The molecule has 0 bridgehead atoms. The van der Waals surface area contributed by atoms with Crippen LogP contribution < -0.4 is 5.73 Å². The van der Waals surface area contributed by atoms with Crippen LogP contribution in [0.25, 0.3) is 16.6 Å². The molecule has 3 aromatic heterocycles. The molecule has 148 valence electrons. The summed E-state index contributed by atoms with van der Waals surface area (Å²) >= 11 is 0. The van der Waals surface area contributed by atoms with Crippen molar-refractivity contribution in [2.24, 2.45) is 5.73 Å². The molecule has 5 nitrogen and oxygen atoms in total. The minimum absolute atomic E-state index is 0.105. The number of nitrogens with zero attached hydrogens (tertiary/aromatic N) is 4. The van der Waals surface area contributed by atoms with Crippen molar-refractivity contribution in [3.05, 3.63) is 83.8 Å². The zero-order valence-corrected chi connectivity index (χ0v) is 14.9. The molecule has 0 saturated carbocycles. The van der Waals surface area contributed by atoms with Crippen LogP contribution in [0.3, 0.4) is 0 Å². The molecule has 9 heteroatoms. The van der Waals surface area contributed by atoms with Crippen molar-refractivity contribution in [3.8, 4) is 5.69 Å². The summed E-state index contributed by atoms with van der Waals surface area (Å²) in [7, 11) is 0. The number of aromatic nitrogens is 4. The number of pyridine rings is 2. The van der Waals surface area contributed by atoms with E-state index in [4.69, 9.17) is 5.73 Å². The normalized spacial score (nSPS) is 13.0. The summed E-state index contributed by atoms with van der Waals surface area (Å²) < 4.78 is 54.3. The topological polar surface area (TPSA) is 69.6 Å². The van der Waals surface area contributed by atoms with E-state index in [1.54, 1.807) is 18.3 Å². The molecule has 0 aliphatic carbocycles. The van der Waals surface area contributed by atoms with Crippen LogP contribution in [0.15, 0.2) is 61.1 Å². The molecule has 1 aromatic carbocycles. The third kappa shape index (κ3) is 3.68. The predicted molar refractivity (Wildman–Crippen MR) is 98.7 cm³/mol. The third-order valence-electron chi connectivity index (χ3n) is 4.54. The van der Waals surface area contributed by atoms with Crippen LogP contribution in [0, 0.1) is 5.82 Å². The first kappa shape index (κ1) is 19.0. The Balaban J connectivity index is 1.74. The summed E-state index contributed by atoms with van der Waals surface area (Å²) in [5.41, 5.74) is 7.14. The molecule has 0 aliphatic rings. The number of fused-ring (bicyclic) bond motifs is 1. The van der Waals surface area contributed by atoms with Crippen molar-refractivity contribution in [2.45, 2.75) is 18.6 Å². The zero-order chi connectivity index (χ0) is 20.6. The highest BCUT2D eigenvalue weighted by atomic mass is 19.4. The fourth-order valence-corrected chi connectivity index (χ4v) is 3.15. The van der Waals surface area contributed by atoms with E-state index < -0.39 is 23.6 Å². The highest BCUT2D eigenvalue weighted by Gasteiger charge is 2.31. The Labute approximate surface area is 162 Å². The summed E-state index contributed by atoms with van der Waals surface area (Å²) in [6.07, 6.45) is 0.0366. The van der Waals surface area contributed by atoms with Gasteiger partial charge in [0.25, 0.3) is 0 Å². The van der Waals surface area contributed by atoms with Gasteiger partial charge in [-0.1, -0.05) is 0 Å². The van der Waals surface area contributed by atoms with E-state index in [9.17, 15) is 17.6 Å². The molecular formula is C20H15F4N5. The molecule has 29 heavy (non-hydrogen) atoms. The standard InChI is InChI=1S/C20H15F4N5/c21-14-3-1-7-26-16(14)10-15(25)19-18(4-2-8-27-19)29-17-6-5-13(20(22,23)24)9-12(17)11-28-29/h1-9,11,15H,10,25H2/t15-/m0/s1. The largest absolute Gasteiger partial charge is 0.416 e. The van der Waals surface area contributed by atoms with Crippen molar-refractivity contribution in [1.82, 2.24) is 19.7 Å². The smallest absolute Gasteiger partial charge is 0.322 e. The van der Waals surface area contributed by atoms with Crippen LogP contribution in [0.1, 0.15) is 23.0 Å². The van der Waals surface area contributed by atoms with Crippen molar-refractivity contribution < 1.29 is 17.6 Å². The number of hydrogen-bond acceptors (Lipinski definition) is 4. The summed E-state index contributed by atoms with van der Waals surface area (Å²) in [6.45, 7) is 0. The molecule has 0 amide bonds.